The summed E-state index contributed by atoms with van der Waals surface area (Å²) in [6, 6.07) is 7.50. The number of ether oxygens (including phenoxy) is 2. The van der Waals surface area contributed by atoms with Crippen molar-refractivity contribution in [1.29, 1.82) is 0 Å². The number of anilines is 1. The number of hydrogen-bond donors (Lipinski definition) is 2. The number of allylic oxidation sites excluding steroid dienone is 1. The molecule has 7 rings (SSSR count). The van der Waals surface area contributed by atoms with Crippen LogP contribution in [0.3, 0.4) is 0 Å². The maximum absolute atomic E-state index is 14.5. The number of carbonyl (C=O) groups is 2. The maximum Gasteiger partial charge on any atom is 0.417 e. The van der Waals surface area contributed by atoms with E-state index in [0.717, 1.165) is 44.2 Å². The van der Waals surface area contributed by atoms with Crippen molar-refractivity contribution in [3.63, 3.8) is 0 Å². The summed E-state index contributed by atoms with van der Waals surface area (Å²) in [4.78, 5) is 27.7. The van der Waals surface area contributed by atoms with E-state index >= 15 is 0 Å². The number of fused-ring (bicyclic) bond motifs is 4. The molecule has 0 radical (unpaired) electrons. The Labute approximate surface area is 283 Å². The van der Waals surface area contributed by atoms with Gasteiger partial charge in [-0.3, -0.25) is 9.59 Å². The maximum atomic E-state index is 14.5. The Morgan fingerprint density at radius 3 is 2.50 bits per heavy atom. The van der Waals surface area contributed by atoms with Gasteiger partial charge in [-0.25, -0.2) is 13.8 Å². The fourth-order valence-corrected chi connectivity index (χ4v) is 6.30. The molecule has 0 saturated carbocycles. The summed E-state index contributed by atoms with van der Waals surface area (Å²) < 4.78 is 86.6. The number of imidazole rings is 1. The van der Waals surface area contributed by atoms with Gasteiger partial charge in [0.15, 0.2) is 5.75 Å². The summed E-state index contributed by atoms with van der Waals surface area (Å²) in [5.41, 5.74) is 0.208. The van der Waals surface area contributed by atoms with E-state index in [2.05, 4.69) is 22.5 Å². The van der Waals surface area contributed by atoms with Crippen molar-refractivity contribution in [3.8, 4) is 16.9 Å². The van der Waals surface area contributed by atoms with Crippen molar-refractivity contribution in [2.75, 3.05) is 32.1 Å². The smallest absolute Gasteiger partial charge is 0.417 e. The molecule has 1 unspecified atom stereocenters. The van der Waals surface area contributed by atoms with Gasteiger partial charge in [-0.15, -0.1) is 0 Å². The number of ketones is 1. The first-order valence-corrected chi connectivity index (χ1v) is 15.8. The number of aromatic nitrogens is 3. The monoisotopic (exact) mass is 695 g/mol. The average molecular weight is 696 g/mol. The molecule has 262 valence electrons. The van der Waals surface area contributed by atoms with E-state index in [1.807, 2.05) is 0 Å². The van der Waals surface area contributed by atoms with Crippen LogP contribution in [0.5, 0.6) is 5.75 Å². The molecule has 2 N–H and O–H groups in total. The highest BCUT2D eigenvalue weighted by atomic mass is 19.4. The van der Waals surface area contributed by atoms with Crippen molar-refractivity contribution < 1.29 is 41.0 Å². The number of nitrogens with zero attached hydrogens (tertiary/aromatic N) is 3. The molecule has 0 bridgehead atoms. The van der Waals surface area contributed by atoms with E-state index in [1.165, 1.54) is 40.6 Å². The van der Waals surface area contributed by atoms with E-state index in [4.69, 9.17) is 9.47 Å². The minimum atomic E-state index is -4.73. The summed E-state index contributed by atoms with van der Waals surface area (Å²) in [6.45, 7) is 6.09. The van der Waals surface area contributed by atoms with Crippen LogP contribution in [-0.2, 0) is 29.2 Å². The zero-order valence-electron chi connectivity index (χ0n) is 27.6. The Balaban J connectivity index is 0.000000336. The van der Waals surface area contributed by atoms with E-state index in [9.17, 15) is 31.5 Å². The number of halogens is 5. The molecule has 50 heavy (non-hydrogen) atoms. The molecule has 2 aromatic carbocycles. The Kier molecular flexibility index (Phi) is 9.27. The minimum Gasteiger partial charge on any atom is -0.487 e. The molecule has 0 spiro atoms. The number of benzene rings is 2. The predicted molar refractivity (Wildman–Crippen MR) is 178 cm³/mol. The Morgan fingerprint density at radius 1 is 1.16 bits per heavy atom. The van der Waals surface area contributed by atoms with Gasteiger partial charge in [0, 0.05) is 49.9 Å². The number of aldehydes is 1. The molecule has 14 heteroatoms. The number of hydrogen-bond acceptors (Lipinski definition) is 7. The molecular formula is C36H34F5N5O4. The van der Waals surface area contributed by atoms with Gasteiger partial charge in [0.1, 0.15) is 35.2 Å². The van der Waals surface area contributed by atoms with Crippen LogP contribution in [0.1, 0.15) is 41.0 Å². The highest BCUT2D eigenvalue weighted by Crippen LogP contribution is 2.49. The van der Waals surface area contributed by atoms with Crippen LogP contribution >= 0.6 is 0 Å². The Hall–Kier alpha value is -5.08. The summed E-state index contributed by atoms with van der Waals surface area (Å²) in [5, 5.41) is 5.67. The minimum absolute atomic E-state index is 0.00699. The van der Waals surface area contributed by atoms with Crippen molar-refractivity contribution in [2.45, 2.75) is 38.1 Å². The molecule has 1 saturated heterocycles. The lowest BCUT2D eigenvalue weighted by molar-refractivity contribution is -0.137. The Bertz CT molecular complexity index is 2130. The van der Waals surface area contributed by atoms with Crippen molar-refractivity contribution >= 4 is 34.3 Å². The van der Waals surface area contributed by atoms with E-state index in [-0.39, 0.29) is 56.8 Å². The van der Waals surface area contributed by atoms with Gasteiger partial charge in [-0.05, 0) is 55.8 Å². The quantitative estimate of drug-likeness (QED) is 0.0868. The molecule has 1 atom stereocenters. The summed E-state index contributed by atoms with van der Waals surface area (Å²) in [5.74, 6) is -2.55. The standard InChI is InChI=1S/C28H21F5N4O2.C8H13NO2/c1-13-7-14-10-21(26(38)15-8-18(29)23(34-2)19(30)9-15)37-6-4-5-16(25(14)37)22-17(28(31,32)33)11-20-24(27(22)39-13)35-12-36(20)3;1-8(6-11-7-8)9-4-2-3-5-10/h4-6,8-13,34H,7H2,1-3H3;2-3,5,9H,4,6-7H2,1H3/b;3-2+. The highest BCUT2D eigenvalue weighted by Gasteiger charge is 2.39. The first-order valence-electron chi connectivity index (χ1n) is 15.8. The molecule has 2 aliphatic heterocycles. The molecule has 0 amide bonds. The molecule has 5 aromatic rings. The van der Waals surface area contributed by atoms with Crippen molar-refractivity contribution in [3.05, 3.63) is 95.1 Å². The van der Waals surface area contributed by atoms with Gasteiger partial charge in [0.05, 0.1) is 47.4 Å². The number of aryl methyl sites for hydroxylation is 1. The second-order valence-electron chi connectivity index (χ2n) is 12.6. The number of rotatable bonds is 7. The van der Waals surface area contributed by atoms with Gasteiger partial charge in [-0.2, -0.15) is 13.2 Å². The summed E-state index contributed by atoms with van der Waals surface area (Å²) in [7, 11) is 2.96. The van der Waals surface area contributed by atoms with Crippen LogP contribution in [0.2, 0.25) is 0 Å². The summed E-state index contributed by atoms with van der Waals surface area (Å²) in [6.07, 6.45) is 2.01. The first kappa shape index (κ1) is 34.8. The second-order valence-corrected chi connectivity index (χ2v) is 12.6. The van der Waals surface area contributed by atoms with Crippen LogP contribution in [0, 0.1) is 11.6 Å². The third kappa shape index (κ3) is 6.36. The Morgan fingerprint density at radius 2 is 1.88 bits per heavy atom. The van der Waals surface area contributed by atoms with E-state index in [0.29, 0.717) is 11.1 Å². The first-order chi connectivity index (χ1) is 23.8. The topological polar surface area (TPSA) is 98.9 Å². The van der Waals surface area contributed by atoms with Gasteiger partial charge >= 0.3 is 6.18 Å². The fraction of sp³-hybridized carbons (Fsp3) is 0.306. The number of alkyl halides is 3. The van der Waals surface area contributed by atoms with Gasteiger partial charge in [0.25, 0.3) is 0 Å². The zero-order valence-corrected chi connectivity index (χ0v) is 27.6. The molecule has 1 fully saturated rings. The highest BCUT2D eigenvalue weighted by molar-refractivity contribution is 6.10. The number of pyridine rings is 1. The molecule has 0 aliphatic carbocycles. The molecular weight excluding hydrogens is 661 g/mol. The third-order valence-corrected chi connectivity index (χ3v) is 8.73. The van der Waals surface area contributed by atoms with Crippen LogP contribution in [0.4, 0.5) is 27.6 Å². The largest absolute Gasteiger partial charge is 0.487 e. The van der Waals surface area contributed by atoms with Crippen molar-refractivity contribution in [1.82, 2.24) is 19.3 Å². The lowest BCUT2D eigenvalue weighted by atomic mass is 9.93. The van der Waals surface area contributed by atoms with Crippen LogP contribution in [-0.4, -0.2) is 64.5 Å². The van der Waals surface area contributed by atoms with E-state index in [1.54, 1.807) is 32.3 Å². The SMILES string of the molecule is CC1(NC/C=C/C=O)COC1.CNc1c(F)cc(C(=O)c2cc3c4c(cccn24)-c2c(C(F)(F)F)cc4c(ncn4C)c2OC(C)C3)cc1F. The fourth-order valence-electron chi connectivity index (χ4n) is 6.30. The molecule has 9 nitrogen and oxygen atoms in total. The zero-order chi connectivity index (χ0) is 36.0. The lowest BCUT2D eigenvalue weighted by Gasteiger charge is -2.38. The van der Waals surface area contributed by atoms with Crippen molar-refractivity contribution in [2.24, 2.45) is 7.05 Å². The predicted octanol–water partition coefficient (Wildman–Crippen LogP) is 6.51. The average Bonchev–Trinajstić information content (AvgIpc) is 3.61. The van der Waals surface area contributed by atoms with Gasteiger partial charge < -0.3 is 29.1 Å². The lowest BCUT2D eigenvalue weighted by Crippen LogP contribution is -2.58. The van der Waals surface area contributed by atoms with Gasteiger partial charge in [-0.1, -0.05) is 12.1 Å². The molecule has 2 aliphatic rings. The molecule has 5 heterocycles. The van der Waals surface area contributed by atoms with Crippen LogP contribution in [0.25, 0.3) is 27.7 Å². The van der Waals surface area contributed by atoms with Gasteiger partial charge in [0.2, 0.25) is 5.78 Å². The van der Waals surface area contributed by atoms with Crippen LogP contribution in [0.15, 0.2) is 61.1 Å². The third-order valence-electron chi connectivity index (χ3n) is 8.73. The van der Waals surface area contributed by atoms with Crippen LogP contribution < -0.4 is 15.4 Å². The molecule has 3 aromatic heterocycles. The number of nitrogens with one attached hydrogen (secondary N) is 2. The normalized spacial score (nSPS) is 16.5. The number of carbonyl (C=O) groups excluding carboxylic acids is 2. The van der Waals surface area contributed by atoms with E-state index < -0.39 is 35.3 Å². The summed E-state index contributed by atoms with van der Waals surface area (Å²) >= 11 is 0. The second kappa shape index (κ2) is 13.3.